The van der Waals surface area contributed by atoms with Crippen molar-refractivity contribution >= 4 is 11.6 Å². The van der Waals surface area contributed by atoms with E-state index in [1.165, 1.54) is 0 Å². The van der Waals surface area contributed by atoms with Gasteiger partial charge in [-0.2, -0.15) is 13.2 Å². The van der Waals surface area contributed by atoms with Crippen LogP contribution in [0.2, 0.25) is 5.02 Å². The highest BCUT2D eigenvalue weighted by Crippen LogP contribution is 2.33. The number of benzene rings is 1. The molecular weight excluding hydrogens is 258 g/mol. The van der Waals surface area contributed by atoms with Crippen LogP contribution in [0, 0.1) is 5.82 Å². The maximum Gasteiger partial charge on any atom is 0.407 e. The van der Waals surface area contributed by atoms with Crippen molar-refractivity contribution in [1.82, 2.24) is 5.32 Å². The first-order chi connectivity index (χ1) is 7.86. The van der Waals surface area contributed by atoms with E-state index in [4.69, 9.17) is 11.6 Å². The monoisotopic (exact) mass is 271 g/mol. The van der Waals surface area contributed by atoms with Crippen LogP contribution >= 0.6 is 11.6 Å². The first-order valence-electron chi connectivity index (χ1n) is 5.05. The summed E-state index contributed by atoms with van der Waals surface area (Å²) in [7, 11) is 1.16. The first kappa shape index (κ1) is 16.2. The molecule has 0 aliphatic heterocycles. The van der Waals surface area contributed by atoms with Crippen LogP contribution in [-0.4, -0.2) is 13.2 Å². The van der Waals surface area contributed by atoms with E-state index >= 15 is 0 Å². The van der Waals surface area contributed by atoms with E-state index in [0.717, 1.165) is 25.2 Å². The molecule has 0 fully saturated rings. The molecule has 0 heterocycles. The summed E-state index contributed by atoms with van der Waals surface area (Å²) in [5, 5.41) is 1.87. The maximum atomic E-state index is 12.9. The number of rotatable bonds is 2. The van der Waals surface area contributed by atoms with Gasteiger partial charge in [-0.05, 0) is 24.7 Å². The summed E-state index contributed by atoms with van der Waals surface area (Å²) in [5.74, 6) is -0.862. The maximum absolute atomic E-state index is 12.9. The van der Waals surface area contributed by atoms with Gasteiger partial charge in [0.15, 0.2) is 0 Å². The molecule has 0 bridgehead atoms. The van der Waals surface area contributed by atoms with Crippen LogP contribution in [0.4, 0.5) is 17.6 Å². The Kier molecular flexibility index (Phi) is 6.49. The molecule has 17 heavy (non-hydrogen) atoms. The molecule has 6 heteroatoms. The summed E-state index contributed by atoms with van der Waals surface area (Å²) in [6.45, 7) is 4.00. The van der Waals surface area contributed by atoms with Crippen molar-refractivity contribution in [2.75, 3.05) is 7.05 Å². The lowest BCUT2D eigenvalue weighted by Crippen LogP contribution is -2.31. The summed E-state index contributed by atoms with van der Waals surface area (Å²) in [5.41, 5.74) is -0.202. The molecule has 1 atom stereocenters. The number of halogens is 5. The van der Waals surface area contributed by atoms with E-state index in [9.17, 15) is 17.6 Å². The minimum Gasteiger partial charge on any atom is -0.306 e. The number of nitrogens with one attached hydrogen (secondary N) is 1. The average Bonchev–Trinajstić information content (AvgIpc) is 2.25. The van der Waals surface area contributed by atoms with Crippen LogP contribution in [0.25, 0.3) is 0 Å². The normalized spacial score (nSPS) is 12.7. The Labute approximate surface area is 103 Å². The van der Waals surface area contributed by atoms with Gasteiger partial charge in [-0.15, -0.1) is 0 Å². The van der Waals surface area contributed by atoms with Crippen LogP contribution in [0.1, 0.15) is 25.5 Å². The second kappa shape index (κ2) is 6.81. The van der Waals surface area contributed by atoms with Gasteiger partial charge in [0.1, 0.15) is 11.9 Å². The average molecular weight is 272 g/mol. The van der Waals surface area contributed by atoms with Gasteiger partial charge in [0.2, 0.25) is 0 Å². The molecule has 1 aromatic rings. The van der Waals surface area contributed by atoms with E-state index in [1.54, 1.807) is 0 Å². The van der Waals surface area contributed by atoms with E-state index in [1.807, 2.05) is 13.8 Å². The predicted octanol–water partition coefficient (Wildman–Crippen LogP) is 4.33. The van der Waals surface area contributed by atoms with Gasteiger partial charge in [0, 0.05) is 0 Å². The molecule has 0 aromatic heterocycles. The number of hydrogen-bond acceptors (Lipinski definition) is 1. The van der Waals surface area contributed by atoms with Gasteiger partial charge >= 0.3 is 6.18 Å². The molecule has 0 saturated heterocycles. The molecule has 1 aromatic carbocycles. The smallest absolute Gasteiger partial charge is 0.306 e. The third-order valence-corrected chi connectivity index (χ3v) is 2.20. The Balaban J connectivity index is 0.00000121. The van der Waals surface area contributed by atoms with Crippen molar-refractivity contribution in [2.24, 2.45) is 0 Å². The minimum atomic E-state index is -4.46. The Morgan fingerprint density at radius 3 is 2.12 bits per heavy atom. The molecule has 0 spiro atoms. The molecule has 0 aliphatic rings. The van der Waals surface area contributed by atoms with Gasteiger partial charge in [-0.1, -0.05) is 31.5 Å². The Morgan fingerprint density at radius 1 is 1.24 bits per heavy atom. The summed E-state index contributed by atoms with van der Waals surface area (Å²) in [6, 6.07) is 1.13. The van der Waals surface area contributed by atoms with Gasteiger partial charge in [0.05, 0.1) is 5.02 Å². The fourth-order valence-electron chi connectivity index (χ4n) is 1.21. The summed E-state index contributed by atoms with van der Waals surface area (Å²) in [6.07, 6.45) is -4.46. The molecule has 1 rings (SSSR count). The highest BCUT2D eigenvalue weighted by molar-refractivity contribution is 6.30. The molecule has 98 valence electrons. The third kappa shape index (κ3) is 4.52. The lowest BCUT2D eigenvalue weighted by Gasteiger charge is -2.19. The first-order valence-corrected chi connectivity index (χ1v) is 5.43. The molecule has 1 nitrogen and oxygen atoms in total. The Hall–Kier alpha value is -0.810. The second-order valence-electron chi connectivity index (χ2n) is 2.94. The Bertz CT molecular complexity index is 352. The summed E-state index contributed by atoms with van der Waals surface area (Å²) >= 11 is 5.37. The molecule has 0 aliphatic carbocycles. The van der Waals surface area contributed by atoms with Crippen molar-refractivity contribution < 1.29 is 17.6 Å². The fraction of sp³-hybridized carbons (Fsp3) is 0.455. The van der Waals surface area contributed by atoms with Crippen molar-refractivity contribution in [3.05, 3.63) is 34.6 Å². The SMILES string of the molecule is CC.CNC(c1ccc(Cl)c(F)c1)C(F)(F)F. The van der Waals surface area contributed by atoms with Crippen molar-refractivity contribution in [3.63, 3.8) is 0 Å². The zero-order valence-corrected chi connectivity index (χ0v) is 10.5. The summed E-state index contributed by atoms with van der Waals surface area (Å²) in [4.78, 5) is 0. The topological polar surface area (TPSA) is 12.0 Å². The van der Waals surface area contributed by atoms with E-state index in [0.29, 0.717) is 0 Å². The van der Waals surface area contributed by atoms with Crippen LogP contribution in [-0.2, 0) is 0 Å². The van der Waals surface area contributed by atoms with Crippen molar-refractivity contribution in [2.45, 2.75) is 26.1 Å². The lowest BCUT2D eigenvalue weighted by molar-refractivity contribution is -0.156. The Morgan fingerprint density at radius 2 is 1.76 bits per heavy atom. The quantitative estimate of drug-likeness (QED) is 0.790. The highest BCUT2D eigenvalue weighted by Gasteiger charge is 2.39. The third-order valence-electron chi connectivity index (χ3n) is 1.89. The van der Waals surface area contributed by atoms with Gasteiger partial charge in [-0.25, -0.2) is 4.39 Å². The minimum absolute atomic E-state index is 0.198. The van der Waals surface area contributed by atoms with Gasteiger partial charge in [0.25, 0.3) is 0 Å². The van der Waals surface area contributed by atoms with Crippen molar-refractivity contribution in [3.8, 4) is 0 Å². The van der Waals surface area contributed by atoms with E-state index in [-0.39, 0.29) is 10.6 Å². The highest BCUT2D eigenvalue weighted by atomic mass is 35.5. The molecule has 1 unspecified atom stereocenters. The molecule has 1 N–H and O–H groups in total. The number of alkyl halides is 3. The molecule has 0 amide bonds. The van der Waals surface area contributed by atoms with Gasteiger partial charge in [-0.3, -0.25) is 0 Å². The van der Waals surface area contributed by atoms with Gasteiger partial charge < -0.3 is 5.32 Å². The molecule has 0 saturated carbocycles. The standard InChI is InChI=1S/C9H8ClF4N.C2H6/c1-15-8(9(12,13)14)5-2-3-6(10)7(11)4-5;1-2/h2-4,8,15H,1H3;1-2H3. The fourth-order valence-corrected chi connectivity index (χ4v) is 1.33. The number of hydrogen-bond donors (Lipinski definition) is 1. The van der Waals surface area contributed by atoms with Crippen molar-refractivity contribution in [1.29, 1.82) is 0 Å². The molecule has 0 radical (unpaired) electrons. The van der Waals surface area contributed by atoms with Crippen LogP contribution in [0.15, 0.2) is 18.2 Å². The largest absolute Gasteiger partial charge is 0.407 e. The second-order valence-corrected chi connectivity index (χ2v) is 3.34. The van der Waals surface area contributed by atoms with Crippen LogP contribution in [0.3, 0.4) is 0 Å². The molecular formula is C11H14ClF4N. The van der Waals surface area contributed by atoms with Crippen LogP contribution in [0.5, 0.6) is 0 Å². The van der Waals surface area contributed by atoms with Crippen LogP contribution < -0.4 is 5.32 Å². The van der Waals surface area contributed by atoms with E-state index < -0.39 is 18.0 Å². The van der Waals surface area contributed by atoms with E-state index in [2.05, 4.69) is 5.32 Å². The zero-order chi connectivity index (χ0) is 13.6. The summed E-state index contributed by atoms with van der Waals surface area (Å²) < 4.78 is 50.2. The lowest BCUT2D eigenvalue weighted by atomic mass is 10.1. The zero-order valence-electron chi connectivity index (χ0n) is 9.70. The predicted molar refractivity (Wildman–Crippen MR) is 60.6 cm³/mol.